The minimum Gasteiger partial charge on any atom is -0.480 e. The average Bonchev–Trinajstić information content (AvgIpc) is 2.39. The van der Waals surface area contributed by atoms with Gasteiger partial charge in [0.2, 0.25) is 0 Å². The number of carbonyl (C=O) groups is 2. The molecule has 1 aromatic carbocycles. The van der Waals surface area contributed by atoms with Gasteiger partial charge >= 0.3 is 11.9 Å². The minimum atomic E-state index is -1.18. The topological polar surface area (TPSA) is 147 Å². The van der Waals surface area contributed by atoms with Gasteiger partial charge in [0.15, 0.2) is 0 Å². The van der Waals surface area contributed by atoms with Crippen molar-refractivity contribution in [3.63, 3.8) is 0 Å². The Bertz CT molecular complexity index is 422. The molecule has 7 nitrogen and oxygen atoms in total. The minimum absolute atomic E-state index is 0.385. The van der Waals surface area contributed by atoms with Crippen LogP contribution in [0.2, 0.25) is 0 Å². The largest absolute Gasteiger partial charge is 0.480 e. The summed E-state index contributed by atoms with van der Waals surface area (Å²) in [5, 5.41) is 25.1. The molecule has 0 unspecified atom stereocenters. The number of hydrogen-bond donors (Lipinski definition) is 5. The van der Waals surface area contributed by atoms with Crippen LogP contribution in [0.25, 0.3) is 0 Å². The Balaban J connectivity index is 0.000000396. The molecule has 7 N–H and O–H groups in total. The van der Waals surface area contributed by atoms with Crippen LogP contribution in [0.1, 0.15) is 12.5 Å². The number of aliphatic hydroxyl groups excluding tert-OH is 1. The molecule has 0 heterocycles. The summed E-state index contributed by atoms with van der Waals surface area (Å²) in [5.41, 5.74) is 11.2. The van der Waals surface area contributed by atoms with E-state index in [1.165, 1.54) is 6.92 Å². The maximum Gasteiger partial charge on any atom is 0.323 e. The number of aliphatic carboxylic acids is 2. The molecule has 20 heavy (non-hydrogen) atoms. The average molecular weight is 284 g/mol. The first kappa shape index (κ1) is 18.0. The van der Waals surface area contributed by atoms with Gasteiger partial charge in [-0.1, -0.05) is 30.3 Å². The molecule has 0 bridgehead atoms. The molecule has 0 saturated heterocycles. The van der Waals surface area contributed by atoms with Crippen molar-refractivity contribution in [3.8, 4) is 0 Å². The van der Waals surface area contributed by atoms with Crippen LogP contribution in [-0.2, 0) is 16.0 Å². The van der Waals surface area contributed by atoms with Crippen molar-refractivity contribution in [1.82, 2.24) is 0 Å². The van der Waals surface area contributed by atoms with Crippen LogP contribution < -0.4 is 11.5 Å². The van der Waals surface area contributed by atoms with Gasteiger partial charge in [0.1, 0.15) is 12.1 Å². The predicted molar refractivity (Wildman–Crippen MR) is 73.0 cm³/mol. The van der Waals surface area contributed by atoms with Crippen molar-refractivity contribution in [1.29, 1.82) is 0 Å². The van der Waals surface area contributed by atoms with Crippen LogP contribution in [0.4, 0.5) is 0 Å². The second-order valence-corrected chi connectivity index (χ2v) is 4.24. The van der Waals surface area contributed by atoms with Crippen LogP contribution in [0, 0.1) is 0 Å². The van der Waals surface area contributed by atoms with Crippen LogP contribution >= 0.6 is 0 Å². The number of hydrogen-bond acceptors (Lipinski definition) is 5. The molecule has 112 valence electrons. The van der Waals surface area contributed by atoms with E-state index in [1.54, 1.807) is 0 Å². The van der Waals surface area contributed by atoms with E-state index in [2.05, 4.69) is 0 Å². The first-order valence-electron chi connectivity index (χ1n) is 5.94. The van der Waals surface area contributed by atoms with E-state index in [1.807, 2.05) is 30.3 Å². The molecule has 7 heteroatoms. The second-order valence-electron chi connectivity index (χ2n) is 4.24. The van der Waals surface area contributed by atoms with E-state index in [9.17, 15) is 9.59 Å². The van der Waals surface area contributed by atoms with Crippen LogP contribution in [-0.4, -0.2) is 45.4 Å². The van der Waals surface area contributed by atoms with Crippen molar-refractivity contribution in [2.75, 3.05) is 0 Å². The summed E-state index contributed by atoms with van der Waals surface area (Å²) in [6.07, 6.45) is -0.594. The molecule has 0 saturated carbocycles. The SMILES string of the molecule is C[C@@H](O)[C@H](N)C(=O)O.N[C@@H](Cc1ccccc1)C(=O)O. The summed E-state index contributed by atoms with van der Waals surface area (Å²) >= 11 is 0. The number of benzene rings is 1. The smallest absolute Gasteiger partial charge is 0.323 e. The van der Waals surface area contributed by atoms with Crippen molar-refractivity contribution < 1.29 is 24.9 Å². The van der Waals surface area contributed by atoms with Crippen LogP contribution in [0.15, 0.2) is 30.3 Å². The maximum absolute atomic E-state index is 10.4. The number of carboxylic acid groups (broad SMARTS) is 2. The van der Waals surface area contributed by atoms with Gasteiger partial charge in [0.05, 0.1) is 6.10 Å². The van der Waals surface area contributed by atoms with Crippen LogP contribution in [0.5, 0.6) is 0 Å². The van der Waals surface area contributed by atoms with Gasteiger partial charge in [-0.25, -0.2) is 0 Å². The summed E-state index contributed by atoms with van der Waals surface area (Å²) in [6.45, 7) is 1.33. The Hall–Kier alpha value is -1.96. The van der Waals surface area contributed by atoms with Crippen molar-refractivity contribution in [2.24, 2.45) is 11.5 Å². The molecular formula is C13H20N2O5. The fraction of sp³-hybridized carbons (Fsp3) is 0.385. The van der Waals surface area contributed by atoms with Crippen molar-refractivity contribution in [3.05, 3.63) is 35.9 Å². The monoisotopic (exact) mass is 284 g/mol. The van der Waals surface area contributed by atoms with E-state index in [-0.39, 0.29) is 0 Å². The van der Waals surface area contributed by atoms with E-state index >= 15 is 0 Å². The van der Waals surface area contributed by atoms with Gasteiger partial charge in [-0.2, -0.15) is 0 Å². The van der Waals surface area contributed by atoms with Gasteiger partial charge < -0.3 is 26.8 Å². The molecule has 1 aromatic rings. The quantitative estimate of drug-likeness (QED) is 0.486. The molecule has 0 fully saturated rings. The highest BCUT2D eigenvalue weighted by atomic mass is 16.4. The number of carboxylic acids is 2. The van der Waals surface area contributed by atoms with Gasteiger partial charge in [0, 0.05) is 0 Å². The molecule has 3 atom stereocenters. The first-order chi connectivity index (χ1) is 9.25. The summed E-state index contributed by atoms with van der Waals surface area (Å²) in [5.74, 6) is -2.14. The molecule has 0 aliphatic rings. The van der Waals surface area contributed by atoms with Crippen LogP contribution in [0.3, 0.4) is 0 Å². The summed E-state index contributed by atoms with van der Waals surface area (Å²) in [7, 11) is 0. The standard InChI is InChI=1S/C9H11NO2.C4H9NO3/c10-8(9(11)12)6-7-4-2-1-3-5-7;1-2(6)3(5)4(7)8/h1-5,8H,6,10H2,(H,11,12);2-3,6H,5H2,1H3,(H,7,8)/t8-;2-,3+/m01/s1. The third kappa shape index (κ3) is 7.47. The Morgan fingerprint density at radius 1 is 1.10 bits per heavy atom. The predicted octanol–water partition coefficient (Wildman–Crippen LogP) is -0.580. The maximum atomic E-state index is 10.4. The van der Waals surface area contributed by atoms with E-state index in [4.69, 9.17) is 26.8 Å². The summed E-state index contributed by atoms with van der Waals surface area (Å²) < 4.78 is 0. The Kier molecular flexibility index (Phi) is 8.14. The van der Waals surface area contributed by atoms with E-state index in [0.29, 0.717) is 6.42 Å². The van der Waals surface area contributed by atoms with E-state index < -0.39 is 30.1 Å². The fourth-order valence-electron chi connectivity index (χ4n) is 1.16. The lowest BCUT2D eigenvalue weighted by atomic mass is 10.1. The third-order valence-electron chi connectivity index (χ3n) is 2.42. The molecule has 0 aliphatic heterocycles. The lowest BCUT2D eigenvalue weighted by Gasteiger charge is -2.06. The van der Waals surface area contributed by atoms with E-state index in [0.717, 1.165) is 5.56 Å². The lowest BCUT2D eigenvalue weighted by Crippen LogP contribution is -2.39. The zero-order valence-electron chi connectivity index (χ0n) is 11.1. The Morgan fingerprint density at radius 3 is 1.90 bits per heavy atom. The van der Waals surface area contributed by atoms with Gasteiger partial charge in [-0.15, -0.1) is 0 Å². The number of aliphatic hydroxyl groups is 1. The van der Waals surface area contributed by atoms with Crippen molar-refractivity contribution in [2.45, 2.75) is 31.5 Å². The third-order valence-corrected chi connectivity index (χ3v) is 2.42. The molecule has 0 aromatic heterocycles. The molecular weight excluding hydrogens is 264 g/mol. The summed E-state index contributed by atoms with van der Waals surface area (Å²) in [4.78, 5) is 20.2. The van der Waals surface area contributed by atoms with Gasteiger partial charge in [0.25, 0.3) is 0 Å². The zero-order valence-corrected chi connectivity index (χ0v) is 11.1. The Labute approximate surface area is 116 Å². The molecule has 0 radical (unpaired) electrons. The normalized spacial score (nSPS) is 14.4. The molecule has 0 amide bonds. The number of nitrogens with two attached hydrogens (primary N) is 2. The highest BCUT2D eigenvalue weighted by molar-refractivity contribution is 5.74. The van der Waals surface area contributed by atoms with Gasteiger partial charge in [-0.05, 0) is 18.9 Å². The highest BCUT2D eigenvalue weighted by Gasteiger charge is 2.16. The first-order valence-corrected chi connectivity index (χ1v) is 5.94. The molecule has 0 spiro atoms. The second kappa shape index (κ2) is 9.03. The number of rotatable bonds is 5. The zero-order chi connectivity index (χ0) is 15.7. The Morgan fingerprint density at radius 2 is 1.60 bits per heavy atom. The molecule has 0 aliphatic carbocycles. The molecule has 1 rings (SSSR count). The fourth-order valence-corrected chi connectivity index (χ4v) is 1.16. The van der Waals surface area contributed by atoms with Gasteiger partial charge in [-0.3, -0.25) is 9.59 Å². The van der Waals surface area contributed by atoms with Crippen molar-refractivity contribution >= 4 is 11.9 Å². The summed E-state index contributed by atoms with van der Waals surface area (Å²) in [6, 6.07) is 7.39. The highest BCUT2D eigenvalue weighted by Crippen LogP contribution is 2.01. The lowest BCUT2D eigenvalue weighted by molar-refractivity contribution is -0.141.